The molecular formula is C32H44BrN3O9S. The molecule has 254 valence electrons. The molecule has 0 bridgehead atoms. The molecule has 12 nitrogen and oxygen atoms in total. The first-order chi connectivity index (χ1) is 21.6. The molecule has 3 rings (SSSR count). The molecule has 1 aromatic rings. The van der Waals surface area contributed by atoms with Gasteiger partial charge in [0.2, 0.25) is 11.8 Å². The van der Waals surface area contributed by atoms with E-state index in [0.717, 1.165) is 19.3 Å². The Labute approximate surface area is 279 Å². The fraction of sp³-hybridized carbons (Fsp3) is 0.562. The second kappa shape index (κ2) is 15.6. The maximum Gasteiger partial charge on any atom is 0.408 e. The zero-order valence-corrected chi connectivity index (χ0v) is 29.2. The Morgan fingerprint density at radius 3 is 2.37 bits per heavy atom. The summed E-state index contributed by atoms with van der Waals surface area (Å²) >= 11 is 3.27. The highest BCUT2D eigenvalue weighted by atomic mass is 79.9. The number of halogens is 1. The van der Waals surface area contributed by atoms with Gasteiger partial charge in [0.15, 0.2) is 0 Å². The van der Waals surface area contributed by atoms with Crippen molar-refractivity contribution in [3.8, 4) is 0 Å². The second-order valence-corrected chi connectivity index (χ2v) is 15.0. The Morgan fingerprint density at radius 2 is 1.80 bits per heavy atom. The van der Waals surface area contributed by atoms with E-state index in [4.69, 9.17) is 13.7 Å². The van der Waals surface area contributed by atoms with Crippen LogP contribution in [0.15, 0.2) is 58.9 Å². The number of benzene rings is 1. The minimum absolute atomic E-state index is 0.0954. The van der Waals surface area contributed by atoms with Crippen LogP contribution < -0.4 is 10.6 Å². The zero-order valence-electron chi connectivity index (χ0n) is 26.8. The first kappa shape index (κ1) is 37.2. The van der Waals surface area contributed by atoms with Crippen LogP contribution in [0.25, 0.3) is 0 Å². The fourth-order valence-electron chi connectivity index (χ4n) is 5.40. The van der Waals surface area contributed by atoms with E-state index in [1.165, 1.54) is 24.1 Å². The first-order valence-corrected chi connectivity index (χ1v) is 17.4. The van der Waals surface area contributed by atoms with E-state index in [1.54, 1.807) is 45.1 Å². The molecule has 2 aliphatic rings. The number of hydrogen-bond acceptors (Lipinski definition) is 9. The molecular weight excluding hydrogens is 682 g/mol. The van der Waals surface area contributed by atoms with Crippen molar-refractivity contribution in [1.82, 2.24) is 15.5 Å². The molecule has 1 heterocycles. The van der Waals surface area contributed by atoms with E-state index in [0.29, 0.717) is 10.9 Å². The van der Waals surface area contributed by atoms with Gasteiger partial charge in [-0.1, -0.05) is 40.9 Å². The first-order valence-electron chi connectivity index (χ1n) is 15.2. The van der Waals surface area contributed by atoms with Crippen LogP contribution in [0, 0.1) is 5.92 Å². The average molecular weight is 727 g/mol. The van der Waals surface area contributed by atoms with Gasteiger partial charge in [-0.05, 0) is 70.7 Å². The smallest absolute Gasteiger partial charge is 0.408 e. The van der Waals surface area contributed by atoms with Crippen LogP contribution in [0.2, 0.25) is 0 Å². The van der Waals surface area contributed by atoms with Crippen molar-refractivity contribution in [2.45, 2.75) is 99.9 Å². The predicted octanol–water partition coefficient (Wildman–Crippen LogP) is 4.39. The van der Waals surface area contributed by atoms with Gasteiger partial charge in [0.05, 0.1) is 18.1 Å². The highest BCUT2D eigenvalue weighted by molar-refractivity contribution is 9.10. The number of nitrogens with one attached hydrogen (secondary N) is 2. The van der Waals surface area contributed by atoms with E-state index >= 15 is 0 Å². The Kier molecular flexibility index (Phi) is 12.6. The summed E-state index contributed by atoms with van der Waals surface area (Å²) in [5.74, 6) is -2.32. The summed E-state index contributed by atoms with van der Waals surface area (Å²) in [6.45, 7) is 12.3. The van der Waals surface area contributed by atoms with Gasteiger partial charge in [-0.15, -0.1) is 13.2 Å². The minimum atomic E-state index is -4.27. The van der Waals surface area contributed by atoms with Crippen molar-refractivity contribution < 1.29 is 41.3 Å². The van der Waals surface area contributed by atoms with Crippen molar-refractivity contribution in [1.29, 1.82) is 0 Å². The highest BCUT2D eigenvalue weighted by Gasteiger charge is 2.62. The Balaban J connectivity index is 1.90. The Bertz CT molecular complexity index is 1410. The van der Waals surface area contributed by atoms with Gasteiger partial charge in [0, 0.05) is 23.4 Å². The zero-order chi connectivity index (χ0) is 34.3. The van der Waals surface area contributed by atoms with Crippen LogP contribution in [0.1, 0.15) is 65.7 Å². The molecule has 2 N–H and O–H groups in total. The van der Waals surface area contributed by atoms with Gasteiger partial charge in [0.25, 0.3) is 10.1 Å². The summed E-state index contributed by atoms with van der Waals surface area (Å²) in [6.07, 6.45) is 4.75. The maximum absolute atomic E-state index is 14.1. The number of methoxy groups -OCH3 is 1. The van der Waals surface area contributed by atoms with E-state index in [-0.39, 0.29) is 36.6 Å². The number of amides is 3. The lowest BCUT2D eigenvalue weighted by atomic mass is 10.0. The summed E-state index contributed by atoms with van der Waals surface area (Å²) < 4.78 is 42.8. The third-order valence-electron chi connectivity index (χ3n) is 7.80. The van der Waals surface area contributed by atoms with Gasteiger partial charge in [0.1, 0.15) is 23.2 Å². The van der Waals surface area contributed by atoms with Gasteiger partial charge in [-0.2, -0.15) is 8.42 Å². The number of carbonyl (C=O) groups excluding carboxylic acids is 4. The van der Waals surface area contributed by atoms with Crippen LogP contribution in [0.3, 0.4) is 0 Å². The predicted molar refractivity (Wildman–Crippen MR) is 174 cm³/mol. The van der Waals surface area contributed by atoms with Gasteiger partial charge < -0.3 is 25.0 Å². The number of carbonyl (C=O) groups is 4. The van der Waals surface area contributed by atoms with E-state index in [1.807, 2.05) is 0 Å². The van der Waals surface area contributed by atoms with E-state index in [2.05, 4.69) is 39.7 Å². The van der Waals surface area contributed by atoms with Gasteiger partial charge >= 0.3 is 12.1 Å². The van der Waals surface area contributed by atoms with Crippen LogP contribution in [-0.4, -0.2) is 80.2 Å². The van der Waals surface area contributed by atoms with E-state index in [9.17, 15) is 27.6 Å². The summed E-state index contributed by atoms with van der Waals surface area (Å²) in [7, 11) is -3.06. The number of esters is 1. The number of rotatable bonds is 15. The maximum atomic E-state index is 14.1. The van der Waals surface area contributed by atoms with Crippen LogP contribution in [0.5, 0.6) is 0 Å². The van der Waals surface area contributed by atoms with E-state index < -0.39 is 63.3 Å². The molecule has 1 aliphatic heterocycles. The third-order valence-corrected chi connectivity index (χ3v) is 9.70. The quantitative estimate of drug-likeness (QED) is 0.116. The van der Waals surface area contributed by atoms with Crippen LogP contribution >= 0.6 is 15.9 Å². The van der Waals surface area contributed by atoms with Gasteiger partial charge in [-0.3, -0.25) is 13.8 Å². The van der Waals surface area contributed by atoms with Crippen molar-refractivity contribution in [2.24, 2.45) is 5.92 Å². The Hall–Kier alpha value is -3.23. The molecule has 1 aromatic carbocycles. The Morgan fingerprint density at radius 1 is 1.13 bits per heavy atom. The lowest BCUT2D eigenvalue weighted by molar-refractivity contribution is -0.148. The number of hydrogen-bond donors (Lipinski definition) is 2. The van der Waals surface area contributed by atoms with Gasteiger partial charge in [-0.25, -0.2) is 9.59 Å². The number of ether oxygens (including phenoxy) is 2. The molecule has 1 aliphatic carbocycles. The van der Waals surface area contributed by atoms with Crippen molar-refractivity contribution in [3.05, 3.63) is 54.0 Å². The summed E-state index contributed by atoms with van der Waals surface area (Å²) in [5.41, 5.74) is -2.17. The largest absolute Gasteiger partial charge is 0.467 e. The SMILES string of the molecule is C=CCCCCC[C@H](NC(=O)OC(C)(C)C)C(=O)N1C[C@@H](OS(=O)(=O)c2ccc(Br)cc2)C[C@H]1C(=O)N[C@]1(C(=O)OC)C[C@H]1C=C. The monoisotopic (exact) mass is 725 g/mol. The minimum Gasteiger partial charge on any atom is -0.467 e. The van der Waals surface area contributed by atoms with Crippen molar-refractivity contribution in [2.75, 3.05) is 13.7 Å². The lowest BCUT2D eigenvalue weighted by Gasteiger charge is -2.30. The molecule has 1 saturated carbocycles. The summed E-state index contributed by atoms with van der Waals surface area (Å²) in [6, 6.07) is 3.56. The molecule has 3 amide bonds. The molecule has 0 spiro atoms. The van der Waals surface area contributed by atoms with Crippen molar-refractivity contribution >= 4 is 49.9 Å². The standard InChI is InChI=1S/C32H44BrN3O9S/c1-7-9-10-11-12-13-25(34-30(40)44-31(3,4)5)28(38)36-20-23(45-46(41,42)24-16-14-22(33)15-17-24)18-26(36)27(37)35-32(29(39)43-6)19-21(32)8-2/h7-8,14-17,21,23,25-26H,1-2,9-13,18-20H2,3-6H3,(H,34,40)(H,35,37)/t21-,23+,25+,26+,32-/m1/s1. The average Bonchev–Trinajstić information content (AvgIpc) is 3.54. The number of alkyl carbamates (subject to hydrolysis) is 1. The number of unbranched alkanes of at least 4 members (excludes halogenated alkanes) is 3. The topological polar surface area (TPSA) is 157 Å². The molecule has 5 atom stereocenters. The summed E-state index contributed by atoms with van der Waals surface area (Å²) in [4.78, 5) is 54.5. The van der Waals surface area contributed by atoms with Crippen LogP contribution in [0.4, 0.5) is 4.79 Å². The normalized spacial score (nSPS) is 23.2. The number of allylic oxidation sites excluding steroid dienone is 1. The third kappa shape index (κ3) is 9.64. The molecule has 2 fully saturated rings. The molecule has 0 radical (unpaired) electrons. The fourth-order valence-corrected chi connectivity index (χ4v) is 6.75. The second-order valence-electron chi connectivity index (χ2n) is 12.5. The van der Waals surface area contributed by atoms with Crippen molar-refractivity contribution in [3.63, 3.8) is 0 Å². The molecule has 1 saturated heterocycles. The molecule has 46 heavy (non-hydrogen) atoms. The highest BCUT2D eigenvalue weighted by Crippen LogP contribution is 2.45. The molecule has 0 aromatic heterocycles. The number of nitrogens with zero attached hydrogens (tertiary/aromatic N) is 1. The molecule has 14 heteroatoms. The lowest BCUT2D eigenvalue weighted by Crippen LogP contribution is -2.56. The summed E-state index contributed by atoms with van der Waals surface area (Å²) in [5, 5.41) is 5.38. The molecule has 0 unspecified atom stereocenters. The van der Waals surface area contributed by atoms with Crippen LogP contribution in [-0.2, 0) is 38.2 Å². The number of likely N-dealkylation sites (tertiary alicyclic amines) is 1.